The van der Waals surface area contributed by atoms with Crippen LogP contribution in [0.25, 0.3) is 10.2 Å². The summed E-state index contributed by atoms with van der Waals surface area (Å²) in [6.07, 6.45) is 7.20. The minimum atomic E-state index is -0.247. The number of carbonyl (C=O) groups is 1. The summed E-state index contributed by atoms with van der Waals surface area (Å²) >= 11 is 1.50. The topological polar surface area (TPSA) is 71.9 Å². The van der Waals surface area contributed by atoms with Gasteiger partial charge in [0, 0.05) is 18.6 Å². The van der Waals surface area contributed by atoms with E-state index >= 15 is 0 Å². The molecule has 0 bridgehead atoms. The summed E-state index contributed by atoms with van der Waals surface area (Å²) in [6.45, 7) is 2.44. The molecule has 0 saturated carbocycles. The Hall–Kier alpha value is -3.19. The molecule has 0 fully saturated rings. The predicted molar refractivity (Wildman–Crippen MR) is 106 cm³/mol. The first-order valence-corrected chi connectivity index (χ1v) is 9.43. The smallest absolute Gasteiger partial charge is 0.276 e. The van der Waals surface area contributed by atoms with Crippen LogP contribution >= 0.6 is 11.3 Å². The van der Waals surface area contributed by atoms with Crippen molar-refractivity contribution in [2.24, 2.45) is 0 Å². The zero-order valence-electron chi connectivity index (χ0n) is 14.7. The van der Waals surface area contributed by atoms with Crippen molar-refractivity contribution in [3.63, 3.8) is 0 Å². The lowest BCUT2D eigenvalue weighted by molar-refractivity contribution is 0.0979. The largest absolute Gasteiger partial charge is 0.280 e. The maximum atomic E-state index is 13.1. The quantitative estimate of drug-likeness (QED) is 0.529. The van der Waals surface area contributed by atoms with Crippen molar-refractivity contribution in [2.45, 2.75) is 19.9 Å². The van der Waals surface area contributed by atoms with Crippen LogP contribution in [0.15, 0.2) is 61.2 Å². The normalized spacial score (nSPS) is 10.9. The average Bonchev–Trinajstić information content (AvgIpc) is 3.15. The second kappa shape index (κ2) is 7.59. The number of anilines is 1. The van der Waals surface area contributed by atoms with E-state index in [0.717, 1.165) is 22.3 Å². The molecule has 4 rings (SSSR count). The number of fused-ring (bicyclic) bond motifs is 1. The lowest BCUT2D eigenvalue weighted by atomic mass is 10.2. The molecular formula is C20H17N5OS. The van der Waals surface area contributed by atoms with E-state index in [9.17, 15) is 4.79 Å². The first kappa shape index (κ1) is 17.2. The van der Waals surface area contributed by atoms with Crippen LogP contribution in [0.5, 0.6) is 0 Å². The Morgan fingerprint density at radius 2 is 2.04 bits per heavy atom. The van der Waals surface area contributed by atoms with Crippen molar-refractivity contribution in [3.05, 3.63) is 78.1 Å². The van der Waals surface area contributed by atoms with Gasteiger partial charge < -0.3 is 0 Å². The van der Waals surface area contributed by atoms with Gasteiger partial charge in [-0.2, -0.15) is 0 Å². The molecule has 3 heterocycles. The minimum Gasteiger partial charge on any atom is -0.276 e. The standard InChI is InChI=1S/C20H17N5OS/c1-2-14-6-7-16-18(11-14)27-20(24-16)25(13-15-5-3-4-8-22-15)19(26)17-12-21-9-10-23-17/h3-12H,2,13H2,1H3. The molecule has 27 heavy (non-hydrogen) atoms. The molecule has 1 aromatic carbocycles. The van der Waals surface area contributed by atoms with Crippen LogP contribution in [0.2, 0.25) is 0 Å². The minimum absolute atomic E-state index is 0.247. The number of benzene rings is 1. The maximum absolute atomic E-state index is 13.1. The Morgan fingerprint density at radius 3 is 2.78 bits per heavy atom. The van der Waals surface area contributed by atoms with Gasteiger partial charge in [0.2, 0.25) is 0 Å². The third-order valence-corrected chi connectivity index (χ3v) is 5.20. The van der Waals surface area contributed by atoms with E-state index < -0.39 is 0 Å². The fourth-order valence-electron chi connectivity index (χ4n) is 2.72. The van der Waals surface area contributed by atoms with Gasteiger partial charge in [-0.05, 0) is 36.2 Å². The van der Waals surface area contributed by atoms with Crippen LogP contribution in [0, 0.1) is 0 Å². The highest BCUT2D eigenvalue weighted by molar-refractivity contribution is 7.22. The Labute approximate surface area is 160 Å². The van der Waals surface area contributed by atoms with E-state index in [1.165, 1.54) is 29.3 Å². The van der Waals surface area contributed by atoms with E-state index in [1.54, 1.807) is 17.3 Å². The van der Waals surface area contributed by atoms with Gasteiger partial charge in [0.1, 0.15) is 5.69 Å². The zero-order chi connectivity index (χ0) is 18.6. The van der Waals surface area contributed by atoms with E-state index in [2.05, 4.69) is 39.0 Å². The van der Waals surface area contributed by atoms with Crippen molar-refractivity contribution >= 4 is 32.6 Å². The Morgan fingerprint density at radius 1 is 1.11 bits per heavy atom. The fraction of sp³-hybridized carbons (Fsp3) is 0.150. The SMILES string of the molecule is CCc1ccc2nc(N(Cc3ccccn3)C(=O)c3cnccn3)sc2c1. The molecular weight excluding hydrogens is 358 g/mol. The molecule has 7 heteroatoms. The Kier molecular flexibility index (Phi) is 4.84. The summed E-state index contributed by atoms with van der Waals surface area (Å²) in [5.74, 6) is -0.247. The number of amides is 1. The van der Waals surface area contributed by atoms with Gasteiger partial charge in [0.05, 0.1) is 28.7 Å². The second-order valence-electron chi connectivity index (χ2n) is 5.96. The number of rotatable bonds is 5. The number of hydrogen-bond acceptors (Lipinski definition) is 6. The summed E-state index contributed by atoms with van der Waals surface area (Å²) in [7, 11) is 0. The monoisotopic (exact) mass is 375 g/mol. The molecule has 4 aromatic rings. The third kappa shape index (κ3) is 3.68. The van der Waals surface area contributed by atoms with E-state index in [4.69, 9.17) is 0 Å². The number of carbonyl (C=O) groups excluding carboxylic acids is 1. The Balaban J connectivity index is 1.76. The number of aromatic nitrogens is 4. The maximum Gasteiger partial charge on any atom is 0.280 e. The molecule has 3 aromatic heterocycles. The van der Waals surface area contributed by atoms with Crippen molar-refractivity contribution in [1.29, 1.82) is 0 Å². The molecule has 0 N–H and O–H groups in total. The molecule has 0 radical (unpaired) electrons. The summed E-state index contributed by atoms with van der Waals surface area (Å²) in [5, 5.41) is 0.625. The van der Waals surface area contributed by atoms with Gasteiger partial charge in [0.25, 0.3) is 5.91 Å². The molecule has 6 nitrogen and oxygen atoms in total. The summed E-state index contributed by atoms with van der Waals surface area (Å²) in [4.78, 5) is 31.9. The second-order valence-corrected chi connectivity index (χ2v) is 6.96. The van der Waals surface area contributed by atoms with E-state index in [1.807, 2.05) is 24.3 Å². The van der Waals surface area contributed by atoms with Gasteiger partial charge in [-0.25, -0.2) is 9.97 Å². The molecule has 0 unspecified atom stereocenters. The molecule has 0 saturated heterocycles. The first-order valence-electron chi connectivity index (χ1n) is 8.62. The van der Waals surface area contributed by atoms with Crippen LogP contribution in [0.3, 0.4) is 0 Å². The number of hydrogen-bond donors (Lipinski definition) is 0. The third-order valence-electron chi connectivity index (χ3n) is 4.15. The van der Waals surface area contributed by atoms with Crippen molar-refractivity contribution < 1.29 is 4.79 Å². The van der Waals surface area contributed by atoms with Crippen LogP contribution in [-0.4, -0.2) is 25.8 Å². The van der Waals surface area contributed by atoms with Crippen LogP contribution in [0.1, 0.15) is 28.7 Å². The van der Waals surface area contributed by atoms with Gasteiger partial charge in [-0.1, -0.05) is 30.4 Å². The predicted octanol–water partition coefficient (Wildman–Crippen LogP) is 3.89. The summed E-state index contributed by atoms with van der Waals surface area (Å²) < 4.78 is 1.06. The molecule has 0 aliphatic heterocycles. The molecule has 1 amide bonds. The first-order chi connectivity index (χ1) is 13.2. The van der Waals surface area contributed by atoms with E-state index in [-0.39, 0.29) is 11.6 Å². The highest BCUT2D eigenvalue weighted by atomic mass is 32.1. The van der Waals surface area contributed by atoms with Crippen LogP contribution in [-0.2, 0) is 13.0 Å². The highest BCUT2D eigenvalue weighted by Gasteiger charge is 2.23. The number of aryl methyl sites for hydroxylation is 1. The Bertz CT molecular complexity index is 1070. The number of nitrogens with zero attached hydrogens (tertiary/aromatic N) is 5. The lowest BCUT2D eigenvalue weighted by Gasteiger charge is -2.18. The van der Waals surface area contributed by atoms with Crippen LogP contribution in [0.4, 0.5) is 5.13 Å². The number of pyridine rings is 1. The molecule has 0 aliphatic carbocycles. The zero-order valence-corrected chi connectivity index (χ0v) is 15.6. The van der Waals surface area contributed by atoms with Gasteiger partial charge in [-0.15, -0.1) is 0 Å². The molecule has 0 atom stereocenters. The highest BCUT2D eigenvalue weighted by Crippen LogP contribution is 2.31. The van der Waals surface area contributed by atoms with Gasteiger partial charge >= 0.3 is 0 Å². The van der Waals surface area contributed by atoms with Crippen molar-refractivity contribution in [3.8, 4) is 0 Å². The average molecular weight is 375 g/mol. The van der Waals surface area contributed by atoms with Crippen molar-refractivity contribution in [1.82, 2.24) is 19.9 Å². The summed E-state index contributed by atoms with van der Waals surface area (Å²) in [6, 6.07) is 11.8. The molecule has 134 valence electrons. The summed E-state index contributed by atoms with van der Waals surface area (Å²) in [5.41, 5.74) is 3.18. The van der Waals surface area contributed by atoms with Crippen LogP contribution < -0.4 is 4.90 Å². The van der Waals surface area contributed by atoms with Gasteiger partial charge in [0.15, 0.2) is 5.13 Å². The fourth-order valence-corrected chi connectivity index (χ4v) is 3.75. The van der Waals surface area contributed by atoms with Gasteiger partial charge in [-0.3, -0.25) is 19.7 Å². The molecule has 0 aliphatic rings. The van der Waals surface area contributed by atoms with Crippen molar-refractivity contribution in [2.75, 3.05) is 4.90 Å². The van der Waals surface area contributed by atoms with E-state index in [0.29, 0.717) is 11.7 Å². The number of thiazole rings is 1. The molecule has 0 spiro atoms. The lowest BCUT2D eigenvalue weighted by Crippen LogP contribution is -2.31.